The summed E-state index contributed by atoms with van der Waals surface area (Å²) in [6.45, 7) is 21.1. The molecule has 0 spiro atoms. The van der Waals surface area contributed by atoms with Gasteiger partial charge < -0.3 is 9.84 Å². The highest BCUT2D eigenvalue weighted by Gasteiger charge is 2.48. The van der Waals surface area contributed by atoms with Gasteiger partial charge in [-0.2, -0.15) is 0 Å². The maximum Gasteiger partial charge on any atom is 0.0686 e. The molecule has 0 aliphatic heterocycles. The molecule has 0 amide bonds. The summed E-state index contributed by atoms with van der Waals surface area (Å²) in [4.78, 5) is 0. The lowest BCUT2D eigenvalue weighted by Gasteiger charge is -2.36. The van der Waals surface area contributed by atoms with E-state index in [2.05, 4.69) is 160 Å². The van der Waals surface area contributed by atoms with Crippen LogP contribution >= 0.6 is 0 Å². The Bertz CT molecular complexity index is 1210. The van der Waals surface area contributed by atoms with Crippen LogP contribution in [0.5, 0.6) is 0 Å². The van der Waals surface area contributed by atoms with E-state index in [9.17, 15) is 5.11 Å². The Labute approximate surface area is 265 Å². The molecule has 0 unspecified atom stereocenters. The normalized spacial score (nSPS) is 23.8. The van der Waals surface area contributed by atoms with Crippen molar-refractivity contribution >= 4 is 0 Å². The van der Waals surface area contributed by atoms with Gasteiger partial charge in [-0.05, 0) is 101 Å². The molecule has 0 bridgehead atoms. The van der Waals surface area contributed by atoms with Crippen LogP contribution < -0.4 is 0 Å². The fraction of sp³-hybridized carbons (Fsp3) is 0.463. The van der Waals surface area contributed by atoms with Crippen LogP contribution in [0.2, 0.25) is 0 Å². The molecular weight excluding hydrogens is 524 g/mol. The predicted octanol–water partition coefficient (Wildman–Crippen LogP) is 11.4. The van der Waals surface area contributed by atoms with Gasteiger partial charge in [-0.15, -0.1) is 0 Å². The third kappa shape index (κ3) is 15.9. The molecule has 1 N–H and O–H groups in total. The minimum Gasteiger partial charge on any atom is -0.390 e. The molecule has 0 aromatic heterocycles. The van der Waals surface area contributed by atoms with Crippen LogP contribution in [0, 0.1) is 11.8 Å². The second-order valence-electron chi connectivity index (χ2n) is 13.1. The predicted molar refractivity (Wildman–Crippen MR) is 191 cm³/mol. The van der Waals surface area contributed by atoms with Gasteiger partial charge in [0.1, 0.15) is 0 Å². The van der Waals surface area contributed by atoms with E-state index in [4.69, 9.17) is 4.74 Å². The third-order valence-corrected chi connectivity index (χ3v) is 8.20. The first-order valence-electron chi connectivity index (χ1n) is 15.8. The summed E-state index contributed by atoms with van der Waals surface area (Å²) in [5.74, 6) is 0.365. The molecule has 1 rings (SSSR count). The van der Waals surface area contributed by atoms with Crippen LogP contribution in [0.15, 0.2) is 131 Å². The van der Waals surface area contributed by atoms with E-state index in [1.54, 1.807) is 7.11 Å². The summed E-state index contributed by atoms with van der Waals surface area (Å²) in [5, 5.41) is 11.0. The fourth-order valence-electron chi connectivity index (χ4n) is 5.13. The minimum atomic E-state index is -0.698. The van der Waals surface area contributed by atoms with Crippen LogP contribution in [0.3, 0.4) is 0 Å². The highest BCUT2D eigenvalue weighted by atomic mass is 16.5. The molecule has 0 radical (unpaired) electrons. The Morgan fingerprint density at radius 2 is 1.21 bits per heavy atom. The van der Waals surface area contributed by atoms with Gasteiger partial charge in [0.15, 0.2) is 0 Å². The third-order valence-electron chi connectivity index (χ3n) is 8.20. The van der Waals surface area contributed by atoms with E-state index in [0.29, 0.717) is 5.92 Å². The van der Waals surface area contributed by atoms with Crippen molar-refractivity contribution in [1.82, 2.24) is 0 Å². The molecule has 236 valence electrons. The van der Waals surface area contributed by atoms with Gasteiger partial charge in [0, 0.05) is 13.0 Å². The number of aliphatic hydroxyl groups is 1. The van der Waals surface area contributed by atoms with Gasteiger partial charge in [-0.25, -0.2) is 0 Å². The van der Waals surface area contributed by atoms with Gasteiger partial charge in [-0.3, -0.25) is 0 Å². The van der Waals surface area contributed by atoms with E-state index >= 15 is 0 Å². The van der Waals surface area contributed by atoms with Crippen molar-refractivity contribution in [2.45, 2.75) is 106 Å². The summed E-state index contributed by atoms with van der Waals surface area (Å²) >= 11 is 0. The van der Waals surface area contributed by atoms with E-state index < -0.39 is 5.60 Å². The van der Waals surface area contributed by atoms with Gasteiger partial charge >= 0.3 is 0 Å². The lowest BCUT2D eigenvalue weighted by molar-refractivity contribution is -0.0566. The molecule has 1 aliphatic rings. The monoisotopic (exact) mass is 584 g/mol. The SMILES string of the molecule is COC(C)(C)[C@H]1CC[C@@](C)(O)[C@H]1/C=C/C(C)=C/C=C/C(C)=C/C=C/C=C(C)/C=C/C=C(C)/C=C/C=C(\C)CCC=C(C)C. The second-order valence-corrected chi connectivity index (χ2v) is 13.1. The molecule has 0 heterocycles. The van der Waals surface area contributed by atoms with Crippen molar-refractivity contribution in [3.05, 3.63) is 131 Å². The highest BCUT2D eigenvalue weighted by Crippen LogP contribution is 2.47. The molecule has 2 nitrogen and oxygen atoms in total. The number of hydrogen-bond acceptors (Lipinski definition) is 2. The molecular formula is C41H60O2. The molecule has 1 aliphatic carbocycles. The molecule has 0 aromatic rings. The first-order chi connectivity index (χ1) is 20.2. The molecule has 43 heavy (non-hydrogen) atoms. The van der Waals surface area contributed by atoms with Gasteiger partial charge in [0.25, 0.3) is 0 Å². The van der Waals surface area contributed by atoms with Crippen molar-refractivity contribution in [2.24, 2.45) is 11.8 Å². The Balaban J connectivity index is 2.64. The Morgan fingerprint density at radius 1 is 0.744 bits per heavy atom. The standard InChI is InChI=1S/C41H60O2/c1-32(2)18-14-21-35(5)24-16-26-36(6)25-15-22-33(3)19-12-13-20-34(4)23-17-27-37(7)28-29-39-38(40(8,9)43-11)30-31-41(39,10)42/h12-13,15-20,22-29,38-39,42H,14,21,30-31H2,1-11H3/b13-12+,22-15+,23-17+,26-16+,29-28+,33-19+,34-20+,35-24+,36-25+,37-27+/t38-,39-,41+/m0/s1. The van der Waals surface area contributed by atoms with Gasteiger partial charge in [0.05, 0.1) is 11.2 Å². The smallest absolute Gasteiger partial charge is 0.0686 e. The summed E-state index contributed by atoms with van der Waals surface area (Å²) in [6, 6.07) is 0. The summed E-state index contributed by atoms with van der Waals surface area (Å²) in [6.07, 6.45) is 38.1. The summed E-state index contributed by atoms with van der Waals surface area (Å²) < 4.78 is 5.76. The van der Waals surface area contributed by atoms with E-state index in [1.165, 1.54) is 27.9 Å². The fourth-order valence-corrected chi connectivity index (χ4v) is 5.13. The first kappa shape index (κ1) is 38.1. The van der Waals surface area contributed by atoms with E-state index in [-0.39, 0.29) is 11.5 Å². The molecule has 0 saturated heterocycles. The van der Waals surface area contributed by atoms with Gasteiger partial charge in [-0.1, -0.05) is 131 Å². The number of hydrogen-bond donors (Lipinski definition) is 1. The van der Waals surface area contributed by atoms with Crippen LogP contribution in [-0.4, -0.2) is 23.4 Å². The Morgan fingerprint density at radius 3 is 1.70 bits per heavy atom. The second kappa shape index (κ2) is 19.4. The highest BCUT2D eigenvalue weighted by molar-refractivity contribution is 5.32. The van der Waals surface area contributed by atoms with Crippen molar-refractivity contribution in [1.29, 1.82) is 0 Å². The number of rotatable bonds is 15. The van der Waals surface area contributed by atoms with Crippen LogP contribution in [-0.2, 0) is 4.74 Å². The van der Waals surface area contributed by atoms with Crippen molar-refractivity contribution < 1.29 is 9.84 Å². The van der Waals surface area contributed by atoms with E-state index in [1.807, 2.05) is 6.92 Å². The molecule has 0 aromatic carbocycles. The van der Waals surface area contributed by atoms with Crippen molar-refractivity contribution in [3.8, 4) is 0 Å². The van der Waals surface area contributed by atoms with E-state index in [0.717, 1.165) is 31.3 Å². The molecule has 3 atom stereocenters. The van der Waals surface area contributed by atoms with Crippen LogP contribution in [0.1, 0.15) is 94.9 Å². The lowest BCUT2D eigenvalue weighted by Crippen LogP contribution is -2.40. The molecule has 2 heteroatoms. The quantitative estimate of drug-likeness (QED) is 0.153. The summed E-state index contributed by atoms with van der Waals surface area (Å²) in [5.41, 5.74) is 6.58. The topological polar surface area (TPSA) is 29.5 Å². The maximum absolute atomic E-state index is 11.0. The Hall–Kier alpha value is -2.94. The Kier molecular flexibility index (Phi) is 17.1. The van der Waals surface area contributed by atoms with Crippen LogP contribution in [0.4, 0.5) is 0 Å². The average Bonchev–Trinajstić information content (AvgIpc) is 3.24. The summed E-state index contributed by atoms with van der Waals surface area (Å²) in [7, 11) is 1.76. The van der Waals surface area contributed by atoms with Crippen molar-refractivity contribution in [3.63, 3.8) is 0 Å². The molecule has 1 saturated carbocycles. The van der Waals surface area contributed by atoms with Crippen molar-refractivity contribution in [2.75, 3.05) is 7.11 Å². The zero-order valence-corrected chi connectivity index (χ0v) is 29.1. The average molecular weight is 585 g/mol. The number of methoxy groups -OCH3 is 1. The largest absolute Gasteiger partial charge is 0.390 e. The lowest BCUT2D eigenvalue weighted by atomic mass is 9.78. The molecule has 1 fully saturated rings. The number of allylic oxidation sites excluding steroid dienone is 21. The zero-order valence-electron chi connectivity index (χ0n) is 29.1. The maximum atomic E-state index is 11.0. The zero-order chi connectivity index (χ0) is 32.5. The minimum absolute atomic E-state index is 0.0733. The first-order valence-corrected chi connectivity index (χ1v) is 15.8. The number of ether oxygens (including phenoxy) is 1. The van der Waals surface area contributed by atoms with Crippen LogP contribution in [0.25, 0.3) is 0 Å². The van der Waals surface area contributed by atoms with Gasteiger partial charge in [0.2, 0.25) is 0 Å².